The summed E-state index contributed by atoms with van der Waals surface area (Å²) < 4.78 is 2.36. The number of nitrogens with one attached hydrogen (secondary N) is 1. The third-order valence-electron chi connectivity index (χ3n) is 6.50. The van der Waals surface area contributed by atoms with Crippen molar-refractivity contribution in [1.82, 2.24) is 14.9 Å². The molecule has 1 amide bonds. The van der Waals surface area contributed by atoms with Gasteiger partial charge >= 0.3 is 0 Å². The molecule has 1 N–H and O–H groups in total. The topological polar surface area (TPSA) is 46.9 Å². The zero-order valence-corrected chi connectivity index (χ0v) is 21.3. The van der Waals surface area contributed by atoms with E-state index >= 15 is 0 Å². The molecule has 0 aliphatic heterocycles. The third kappa shape index (κ3) is 6.82. The summed E-state index contributed by atoms with van der Waals surface area (Å²) in [6, 6.07) is 27.3. The highest BCUT2D eigenvalue weighted by atomic mass is 16.1. The van der Waals surface area contributed by atoms with Crippen molar-refractivity contribution in [3.8, 4) is 0 Å². The number of para-hydroxylation sites is 2. The Labute approximate surface area is 209 Å². The minimum absolute atomic E-state index is 0.0930. The van der Waals surface area contributed by atoms with Gasteiger partial charge in [-0.25, -0.2) is 4.98 Å². The number of imidazole rings is 1. The number of aryl methyl sites for hydroxylation is 1. The quantitative estimate of drug-likeness (QED) is 0.272. The van der Waals surface area contributed by atoms with Crippen LogP contribution in [0.4, 0.5) is 0 Å². The maximum Gasteiger partial charge on any atom is 0.224 e. The van der Waals surface area contributed by atoms with Gasteiger partial charge in [-0.1, -0.05) is 93.9 Å². The number of nitrogens with zero attached hydrogens (tertiary/aromatic N) is 2. The van der Waals surface area contributed by atoms with Crippen molar-refractivity contribution in [3.05, 3.63) is 101 Å². The van der Waals surface area contributed by atoms with Gasteiger partial charge in [-0.3, -0.25) is 4.79 Å². The Morgan fingerprint density at radius 2 is 1.54 bits per heavy atom. The van der Waals surface area contributed by atoms with Crippen LogP contribution in [0.15, 0.2) is 78.9 Å². The summed E-state index contributed by atoms with van der Waals surface area (Å²) in [4.78, 5) is 17.1. The molecule has 3 aromatic carbocycles. The molecule has 0 saturated carbocycles. The van der Waals surface area contributed by atoms with Crippen LogP contribution in [0.3, 0.4) is 0 Å². The molecule has 0 saturated heterocycles. The number of hydrogen-bond donors (Lipinski definition) is 1. The molecule has 4 aromatic rings. The van der Waals surface area contributed by atoms with Crippen molar-refractivity contribution in [2.75, 3.05) is 6.54 Å². The van der Waals surface area contributed by atoms with Crippen molar-refractivity contribution in [2.45, 2.75) is 64.8 Å². The molecule has 4 rings (SSSR count). The van der Waals surface area contributed by atoms with Crippen LogP contribution in [0.5, 0.6) is 0 Å². The van der Waals surface area contributed by atoms with Gasteiger partial charge in [0.25, 0.3) is 0 Å². The van der Waals surface area contributed by atoms with Crippen LogP contribution >= 0.6 is 0 Å². The predicted molar refractivity (Wildman–Crippen MR) is 145 cm³/mol. The zero-order valence-electron chi connectivity index (χ0n) is 21.3. The number of hydrogen-bond acceptors (Lipinski definition) is 2. The fourth-order valence-electron chi connectivity index (χ4n) is 4.44. The Morgan fingerprint density at radius 1 is 0.829 bits per heavy atom. The Hall–Kier alpha value is -3.40. The Balaban J connectivity index is 1.31. The maximum atomic E-state index is 12.1. The second-order valence-electron chi connectivity index (χ2n) is 10.4. The highest BCUT2D eigenvalue weighted by Gasteiger charge is 2.14. The van der Waals surface area contributed by atoms with Gasteiger partial charge in [0.1, 0.15) is 5.82 Å². The average molecular weight is 468 g/mol. The molecule has 182 valence electrons. The van der Waals surface area contributed by atoms with E-state index in [4.69, 9.17) is 4.98 Å². The van der Waals surface area contributed by atoms with E-state index in [0.29, 0.717) is 6.42 Å². The molecule has 35 heavy (non-hydrogen) atoms. The van der Waals surface area contributed by atoms with E-state index in [9.17, 15) is 4.79 Å². The molecule has 0 radical (unpaired) electrons. The van der Waals surface area contributed by atoms with Gasteiger partial charge in [0.15, 0.2) is 0 Å². The molecule has 4 nitrogen and oxygen atoms in total. The lowest BCUT2D eigenvalue weighted by atomic mass is 9.87. The number of benzene rings is 3. The van der Waals surface area contributed by atoms with E-state index in [-0.39, 0.29) is 11.3 Å². The van der Waals surface area contributed by atoms with E-state index in [1.165, 1.54) is 16.6 Å². The Kier molecular flexibility index (Phi) is 8.02. The molecular weight excluding hydrogens is 430 g/mol. The van der Waals surface area contributed by atoms with Gasteiger partial charge in [0, 0.05) is 19.5 Å². The summed E-state index contributed by atoms with van der Waals surface area (Å²) >= 11 is 0. The normalized spacial score (nSPS) is 11.6. The van der Waals surface area contributed by atoms with Crippen molar-refractivity contribution >= 4 is 16.9 Å². The van der Waals surface area contributed by atoms with Crippen molar-refractivity contribution < 1.29 is 4.79 Å². The molecule has 0 atom stereocenters. The van der Waals surface area contributed by atoms with Gasteiger partial charge < -0.3 is 9.88 Å². The van der Waals surface area contributed by atoms with E-state index in [1.807, 2.05) is 30.3 Å². The fourth-order valence-corrected chi connectivity index (χ4v) is 4.44. The predicted octanol–water partition coefficient (Wildman–Crippen LogP) is 6.45. The monoisotopic (exact) mass is 467 g/mol. The number of aromatic nitrogens is 2. The van der Waals surface area contributed by atoms with E-state index in [0.717, 1.165) is 55.7 Å². The fraction of sp³-hybridized carbons (Fsp3) is 0.355. The van der Waals surface area contributed by atoms with Gasteiger partial charge in [-0.15, -0.1) is 0 Å². The highest BCUT2D eigenvalue weighted by molar-refractivity contribution is 5.78. The molecule has 0 fully saturated rings. The largest absolute Gasteiger partial charge is 0.356 e. The lowest BCUT2D eigenvalue weighted by Crippen LogP contribution is -2.26. The molecule has 1 aromatic heterocycles. The first kappa shape index (κ1) is 24.7. The van der Waals surface area contributed by atoms with E-state index in [1.54, 1.807) is 0 Å². The smallest absolute Gasteiger partial charge is 0.224 e. The minimum Gasteiger partial charge on any atom is -0.356 e. The Bertz CT molecular complexity index is 1230. The van der Waals surface area contributed by atoms with Crippen LogP contribution in [0.2, 0.25) is 0 Å². The summed E-state index contributed by atoms with van der Waals surface area (Å²) in [6.07, 6.45) is 4.49. The first-order valence-corrected chi connectivity index (χ1v) is 12.7. The number of amides is 1. The van der Waals surface area contributed by atoms with Crippen LogP contribution in [-0.4, -0.2) is 22.0 Å². The average Bonchev–Trinajstić information content (AvgIpc) is 3.19. The van der Waals surface area contributed by atoms with Gasteiger partial charge in [0.05, 0.1) is 17.5 Å². The lowest BCUT2D eigenvalue weighted by Gasteiger charge is -2.19. The molecule has 4 heteroatoms. The minimum atomic E-state index is 0.0930. The van der Waals surface area contributed by atoms with Crippen LogP contribution in [0, 0.1) is 0 Å². The number of rotatable bonds is 10. The van der Waals surface area contributed by atoms with Crippen molar-refractivity contribution in [2.24, 2.45) is 0 Å². The molecule has 0 spiro atoms. The second kappa shape index (κ2) is 11.4. The molecule has 0 aliphatic rings. The molecular formula is C31H37N3O. The third-order valence-corrected chi connectivity index (χ3v) is 6.50. The van der Waals surface area contributed by atoms with Crippen LogP contribution < -0.4 is 5.32 Å². The van der Waals surface area contributed by atoms with Crippen LogP contribution in [-0.2, 0) is 29.6 Å². The number of fused-ring (bicyclic) bond motifs is 1. The lowest BCUT2D eigenvalue weighted by molar-refractivity contribution is -0.120. The number of carbonyl (C=O) groups is 1. The van der Waals surface area contributed by atoms with Crippen molar-refractivity contribution in [3.63, 3.8) is 0 Å². The summed E-state index contributed by atoms with van der Waals surface area (Å²) in [7, 11) is 0. The van der Waals surface area contributed by atoms with Crippen molar-refractivity contribution in [1.29, 1.82) is 0 Å². The molecule has 0 bridgehead atoms. The van der Waals surface area contributed by atoms with Crippen LogP contribution in [0.25, 0.3) is 11.0 Å². The van der Waals surface area contributed by atoms with Gasteiger partial charge in [-0.05, 0) is 47.1 Å². The van der Waals surface area contributed by atoms with Crippen LogP contribution in [0.1, 0.15) is 62.5 Å². The van der Waals surface area contributed by atoms with Gasteiger partial charge in [0.2, 0.25) is 5.91 Å². The van der Waals surface area contributed by atoms with E-state index < -0.39 is 0 Å². The summed E-state index contributed by atoms with van der Waals surface area (Å²) in [5.41, 5.74) is 6.11. The first-order valence-electron chi connectivity index (χ1n) is 12.7. The maximum absolute atomic E-state index is 12.1. The molecule has 0 unspecified atom stereocenters. The first-order chi connectivity index (χ1) is 16.9. The van der Waals surface area contributed by atoms with Gasteiger partial charge in [-0.2, -0.15) is 0 Å². The summed E-state index contributed by atoms with van der Waals surface area (Å²) in [5, 5.41) is 3.05. The molecule has 1 heterocycles. The summed E-state index contributed by atoms with van der Waals surface area (Å²) in [6.45, 7) is 8.30. The second-order valence-corrected chi connectivity index (χ2v) is 10.4. The standard InChI is InChI=1S/C31H37N3O/c1-31(2,3)26-19-17-25(18-20-26)23-34-28-15-10-9-14-27(28)33-29(34)16-8-5-11-21-32-30(35)22-24-12-6-4-7-13-24/h4,6-7,9-10,12-15,17-20H,5,8,11,16,21-23H2,1-3H3,(H,32,35). The molecule has 0 aliphatic carbocycles. The zero-order chi connectivity index (χ0) is 24.7. The number of unbranched alkanes of at least 4 members (excludes halogenated alkanes) is 2. The summed E-state index contributed by atoms with van der Waals surface area (Å²) in [5.74, 6) is 1.23. The SMILES string of the molecule is CC(C)(C)c1ccc(Cn2c(CCCCCNC(=O)Cc3ccccc3)nc3ccccc32)cc1. The van der Waals surface area contributed by atoms with E-state index in [2.05, 4.69) is 79.2 Å². The Morgan fingerprint density at radius 3 is 2.29 bits per heavy atom. The number of carbonyl (C=O) groups excluding carboxylic acids is 1. The highest BCUT2D eigenvalue weighted by Crippen LogP contribution is 2.24.